The fourth-order valence-corrected chi connectivity index (χ4v) is 6.16. The topological polar surface area (TPSA) is 72.4 Å². The van der Waals surface area contributed by atoms with Crippen LogP contribution in [-0.2, 0) is 4.74 Å². The molecule has 0 radical (unpaired) electrons. The molecule has 3 aromatic rings. The van der Waals surface area contributed by atoms with E-state index in [2.05, 4.69) is 38.6 Å². The van der Waals surface area contributed by atoms with Crippen molar-refractivity contribution in [2.75, 3.05) is 38.3 Å². The molecule has 7 nitrogen and oxygen atoms in total. The molecule has 3 aromatic heterocycles. The quantitative estimate of drug-likeness (QED) is 0.576. The zero-order valence-electron chi connectivity index (χ0n) is 18.8. The van der Waals surface area contributed by atoms with Gasteiger partial charge >= 0.3 is 0 Å². The molecule has 32 heavy (non-hydrogen) atoms. The number of pyridine rings is 1. The Morgan fingerprint density at radius 2 is 2.06 bits per heavy atom. The van der Waals surface area contributed by atoms with Crippen molar-refractivity contribution in [3.05, 3.63) is 30.0 Å². The van der Waals surface area contributed by atoms with Gasteiger partial charge in [-0.3, -0.25) is 0 Å². The van der Waals surface area contributed by atoms with Crippen LogP contribution in [0.5, 0.6) is 5.88 Å². The number of nitrogens with one attached hydrogen (secondary N) is 1. The van der Waals surface area contributed by atoms with Gasteiger partial charge in [-0.15, -0.1) is 11.3 Å². The number of thiophene rings is 1. The third-order valence-corrected chi connectivity index (χ3v) is 7.65. The summed E-state index contributed by atoms with van der Waals surface area (Å²) in [5.41, 5.74) is 2.07. The van der Waals surface area contributed by atoms with E-state index in [0.29, 0.717) is 23.9 Å². The molecule has 170 valence electrons. The van der Waals surface area contributed by atoms with Gasteiger partial charge in [0, 0.05) is 48.4 Å². The predicted octanol–water partition coefficient (Wildman–Crippen LogP) is 4.14. The summed E-state index contributed by atoms with van der Waals surface area (Å²) < 4.78 is 11.8. The molecule has 0 aliphatic carbocycles. The molecule has 2 aliphatic heterocycles. The third kappa shape index (κ3) is 4.07. The van der Waals surface area contributed by atoms with E-state index in [-0.39, 0.29) is 0 Å². The summed E-state index contributed by atoms with van der Waals surface area (Å²) >= 11 is 1.65. The number of fused-ring (bicyclic) bond motifs is 1. The molecule has 0 aromatic carbocycles. The van der Waals surface area contributed by atoms with E-state index in [1.54, 1.807) is 31.0 Å². The molecule has 2 saturated heterocycles. The first-order chi connectivity index (χ1) is 15.8. The maximum Gasteiger partial charge on any atom is 0.221 e. The molecule has 0 bridgehead atoms. The maximum atomic E-state index is 6.24. The van der Waals surface area contributed by atoms with E-state index in [9.17, 15) is 0 Å². The SMILES string of the molecule is CCOC(C1CCN(c2ncnc3scc(-c4cccnc4OC)c23)CC1)C1CCCN1. The van der Waals surface area contributed by atoms with Crippen molar-refractivity contribution in [1.82, 2.24) is 20.3 Å². The fourth-order valence-electron chi connectivity index (χ4n) is 5.26. The van der Waals surface area contributed by atoms with E-state index in [4.69, 9.17) is 14.5 Å². The number of methoxy groups -OCH3 is 1. The first-order valence-electron chi connectivity index (χ1n) is 11.6. The van der Waals surface area contributed by atoms with Crippen molar-refractivity contribution >= 4 is 27.4 Å². The average molecular weight is 454 g/mol. The van der Waals surface area contributed by atoms with Gasteiger partial charge < -0.3 is 19.7 Å². The predicted molar refractivity (Wildman–Crippen MR) is 129 cm³/mol. The average Bonchev–Trinajstić information content (AvgIpc) is 3.53. The monoisotopic (exact) mass is 453 g/mol. The van der Waals surface area contributed by atoms with Crippen LogP contribution in [0.2, 0.25) is 0 Å². The highest BCUT2D eigenvalue weighted by Crippen LogP contribution is 2.41. The molecule has 0 saturated carbocycles. The van der Waals surface area contributed by atoms with Crippen molar-refractivity contribution in [3.8, 4) is 17.0 Å². The summed E-state index contributed by atoms with van der Waals surface area (Å²) in [5, 5.41) is 6.91. The minimum Gasteiger partial charge on any atom is -0.481 e. The van der Waals surface area contributed by atoms with Crippen LogP contribution in [0.4, 0.5) is 5.82 Å². The summed E-state index contributed by atoms with van der Waals surface area (Å²) in [5.74, 6) is 2.23. The number of aromatic nitrogens is 3. The van der Waals surface area contributed by atoms with Gasteiger partial charge in [-0.05, 0) is 57.2 Å². The highest BCUT2D eigenvalue weighted by molar-refractivity contribution is 7.17. The Balaban J connectivity index is 1.41. The van der Waals surface area contributed by atoms with Crippen LogP contribution in [0, 0.1) is 5.92 Å². The lowest BCUT2D eigenvalue weighted by Gasteiger charge is -2.38. The van der Waals surface area contributed by atoms with Gasteiger partial charge in [0.15, 0.2) is 0 Å². The Bertz CT molecular complexity index is 1040. The Morgan fingerprint density at radius 1 is 1.19 bits per heavy atom. The molecule has 8 heteroatoms. The lowest BCUT2D eigenvalue weighted by Crippen LogP contribution is -2.46. The van der Waals surface area contributed by atoms with Gasteiger partial charge in [-0.1, -0.05) is 0 Å². The Morgan fingerprint density at radius 3 is 2.81 bits per heavy atom. The molecule has 0 amide bonds. The Kier molecular flexibility index (Phi) is 6.52. The second-order valence-electron chi connectivity index (χ2n) is 8.53. The van der Waals surface area contributed by atoms with Gasteiger partial charge in [0.2, 0.25) is 5.88 Å². The zero-order chi connectivity index (χ0) is 21.9. The Labute approximate surface area is 193 Å². The van der Waals surface area contributed by atoms with E-state index in [1.807, 2.05) is 6.07 Å². The standard InChI is InChI=1S/C24H31N5O2S/c1-3-31-21(19-7-5-10-25-19)16-8-12-29(13-9-16)22-20-18(14-32-24(20)28-15-27-22)17-6-4-11-26-23(17)30-2/h4,6,11,14-16,19,21,25H,3,5,7-10,12-13H2,1-2H3. The third-order valence-electron chi connectivity index (χ3n) is 6.76. The largest absolute Gasteiger partial charge is 0.481 e. The van der Waals surface area contributed by atoms with Gasteiger partial charge in [0.25, 0.3) is 0 Å². The summed E-state index contributed by atoms with van der Waals surface area (Å²) in [6.07, 6.45) is 8.47. The minimum atomic E-state index is 0.312. The van der Waals surface area contributed by atoms with Crippen molar-refractivity contribution in [1.29, 1.82) is 0 Å². The molecule has 2 fully saturated rings. The summed E-state index contributed by atoms with van der Waals surface area (Å²) in [6.45, 7) is 5.96. The van der Waals surface area contributed by atoms with E-state index in [1.165, 1.54) is 12.8 Å². The molecule has 2 atom stereocenters. The first-order valence-corrected chi connectivity index (χ1v) is 12.5. The van der Waals surface area contributed by atoms with Crippen LogP contribution in [0.15, 0.2) is 30.0 Å². The number of nitrogens with zero attached hydrogens (tertiary/aromatic N) is 4. The Hall–Kier alpha value is -2.29. The van der Waals surface area contributed by atoms with Crippen LogP contribution in [0.25, 0.3) is 21.3 Å². The van der Waals surface area contributed by atoms with Crippen LogP contribution in [-0.4, -0.2) is 60.4 Å². The van der Waals surface area contributed by atoms with Gasteiger partial charge in [-0.25, -0.2) is 15.0 Å². The van der Waals surface area contributed by atoms with Crippen molar-refractivity contribution < 1.29 is 9.47 Å². The van der Waals surface area contributed by atoms with Crippen LogP contribution in [0.3, 0.4) is 0 Å². The molecule has 0 spiro atoms. The second kappa shape index (κ2) is 9.68. The number of ether oxygens (including phenoxy) is 2. The number of rotatable bonds is 7. The van der Waals surface area contributed by atoms with Crippen molar-refractivity contribution in [2.45, 2.75) is 44.8 Å². The molecular weight excluding hydrogens is 422 g/mol. The van der Waals surface area contributed by atoms with Crippen molar-refractivity contribution in [2.24, 2.45) is 5.92 Å². The summed E-state index contributed by atoms with van der Waals surface area (Å²) in [6, 6.07) is 4.50. The highest BCUT2D eigenvalue weighted by atomic mass is 32.1. The molecule has 2 aliphatic rings. The number of hydrogen-bond donors (Lipinski definition) is 1. The lowest BCUT2D eigenvalue weighted by molar-refractivity contribution is -0.00955. The summed E-state index contributed by atoms with van der Waals surface area (Å²) in [4.78, 5) is 17.1. The van der Waals surface area contributed by atoms with E-state index in [0.717, 1.165) is 66.2 Å². The van der Waals surface area contributed by atoms with Crippen LogP contribution < -0.4 is 15.0 Å². The minimum absolute atomic E-state index is 0.312. The van der Waals surface area contributed by atoms with Gasteiger partial charge in [-0.2, -0.15) is 0 Å². The zero-order valence-corrected chi connectivity index (χ0v) is 19.6. The number of anilines is 1. The molecule has 1 N–H and O–H groups in total. The molecule has 2 unspecified atom stereocenters. The van der Waals surface area contributed by atoms with Crippen molar-refractivity contribution in [3.63, 3.8) is 0 Å². The lowest BCUT2D eigenvalue weighted by atomic mass is 9.86. The smallest absolute Gasteiger partial charge is 0.221 e. The van der Waals surface area contributed by atoms with E-state index < -0.39 is 0 Å². The van der Waals surface area contributed by atoms with Crippen LogP contribution >= 0.6 is 11.3 Å². The molecule has 5 rings (SSSR count). The second-order valence-corrected chi connectivity index (χ2v) is 9.39. The molecular formula is C24H31N5O2S. The fraction of sp³-hybridized carbons (Fsp3) is 0.542. The number of piperidine rings is 1. The number of hydrogen-bond acceptors (Lipinski definition) is 8. The van der Waals surface area contributed by atoms with Gasteiger partial charge in [0.05, 0.1) is 18.6 Å². The van der Waals surface area contributed by atoms with Gasteiger partial charge in [0.1, 0.15) is 17.0 Å². The normalized spacial score (nSPS) is 20.7. The van der Waals surface area contributed by atoms with E-state index >= 15 is 0 Å². The molecule has 5 heterocycles. The maximum absolute atomic E-state index is 6.24. The highest BCUT2D eigenvalue weighted by Gasteiger charge is 2.35. The summed E-state index contributed by atoms with van der Waals surface area (Å²) in [7, 11) is 1.66. The van der Waals surface area contributed by atoms with Crippen LogP contribution in [0.1, 0.15) is 32.6 Å². The first kappa shape index (κ1) is 21.6.